The topological polar surface area (TPSA) is 18.5 Å². The van der Waals surface area contributed by atoms with Crippen LogP contribution < -0.4 is 5.32 Å². The van der Waals surface area contributed by atoms with E-state index >= 15 is 0 Å². The minimum Gasteiger partial charge on any atom is -0.356 e. The quantitative estimate of drug-likeness (QED) is 0.736. The Hall–Kier alpha value is -1.33. The number of piperazine rings is 1. The van der Waals surface area contributed by atoms with Gasteiger partial charge in [0.1, 0.15) is 0 Å². The lowest BCUT2D eigenvalue weighted by molar-refractivity contribution is 0.174. The van der Waals surface area contributed by atoms with E-state index in [9.17, 15) is 0 Å². The van der Waals surface area contributed by atoms with Gasteiger partial charge < -0.3 is 10.2 Å². The second kappa shape index (κ2) is 9.05. The van der Waals surface area contributed by atoms with Crippen LogP contribution >= 0.6 is 35.4 Å². The molecule has 1 atom stereocenters. The fraction of sp³-hybridized carbons (Fsp3) is 0.350. The van der Waals surface area contributed by atoms with Crippen molar-refractivity contribution in [1.82, 2.24) is 15.1 Å². The zero-order valence-corrected chi connectivity index (χ0v) is 17.1. The van der Waals surface area contributed by atoms with Crippen LogP contribution in [0.15, 0.2) is 48.5 Å². The van der Waals surface area contributed by atoms with Gasteiger partial charge in [0, 0.05) is 32.7 Å². The SMILES string of the molecule is CC(NC(=S)N1CCN(Cc2ccc(Cl)c(Cl)c2)CC1)c1ccccc1. The predicted octanol–water partition coefficient (Wildman–Crippen LogP) is 4.75. The van der Waals surface area contributed by atoms with E-state index in [1.165, 1.54) is 11.1 Å². The number of hydrogen-bond donors (Lipinski definition) is 1. The van der Waals surface area contributed by atoms with E-state index < -0.39 is 0 Å². The van der Waals surface area contributed by atoms with Crippen LogP contribution in [0.25, 0.3) is 0 Å². The summed E-state index contributed by atoms with van der Waals surface area (Å²) in [5.74, 6) is 0. The van der Waals surface area contributed by atoms with Crippen molar-refractivity contribution in [3.8, 4) is 0 Å². The molecule has 1 saturated heterocycles. The minimum absolute atomic E-state index is 0.206. The van der Waals surface area contributed by atoms with Gasteiger partial charge >= 0.3 is 0 Å². The first-order chi connectivity index (χ1) is 12.5. The summed E-state index contributed by atoms with van der Waals surface area (Å²) < 4.78 is 0. The predicted molar refractivity (Wildman–Crippen MR) is 114 cm³/mol. The van der Waals surface area contributed by atoms with E-state index in [-0.39, 0.29) is 6.04 Å². The highest BCUT2D eigenvalue weighted by molar-refractivity contribution is 7.80. The number of halogens is 2. The molecular weight excluding hydrogens is 385 g/mol. The summed E-state index contributed by atoms with van der Waals surface area (Å²) in [4.78, 5) is 4.67. The van der Waals surface area contributed by atoms with Gasteiger partial charge in [0.15, 0.2) is 5.11 Å². The van der Waals surface area contributed by atoms with Crippen molar-refractivity contribution in [2.75, 3.05) is 26.2 Å². The van der Waals surface area contributed by atoms with Gasteiger partial charge in [-0.25, -0.2) is 0 Å². The second-order valence-corrected chi connectivity index (χ2v) is 7.79. The molecule has 1 heterocycles. The molecule has 2 aromatic rings. The van der Waals surface area contributed by atoms with Gasteiger partial charge in [-0.3, -0.25) is 4.90 Å². The van der Waals surface area contributed by atoms with Crippen molar-refractivity contribution in [3.63, 3.8) is 0 Å². The molecule has 1 fully saturated rings. The number of rotatable bonds is 4. The molecular formula is C20H23Cl2N3S. The van der Waals surface area contributed by atoms with Crippen molar-refractivity contribution >= 4 is 40.5 Å². The molecule has 1 aliphatic heterocycles. The monoisotopic (exact) mass is 407 g/mol. The summed E-state index contributed by atoms with van der Waals surface area (Å²) in [5.41, 5.74) is 2.43. The molecule has 1 N–H and O–H groups in total. The fourth-order valence-electron chi connectivity index (χ4n) is 3.11. The first-order valence-corrected chi connectivity index (χ1v) is 9.96. The van der Waals surface area contributed by atoms with Crippen molar-refractivity contribution in [1.29, 1.82) is 0 Å². The molecule has 0 spiro atoms. The Morgan fingerprint density at radius 1 is 1.04 bits per heavy atom. The van der Waals surface area contributed by atoms with Gasteiger partial charge in [-0.2, -0.15) is 0 Å². The van der Waals surface area contributed by atoms with Crippen molar-refractivity contribution in [3.05, 3.63) is 69.7 Å². The largest absolute Gasteiger partial charge is 0.356 e. The normalized spacial score (nSPS) is 16.3. The molecule has 0 aromatic heterocycles. The summed E-state index contributed by atoms with van der Waals surface area (Å²) in [6.07, 6.45) is 0. The number of thiocarbonyl (C=S) groups is 1. The zero-order valence-electron chi connectivity index (χ0n) is 14.8. The maximum absolute atomic E-state index is 6.11. The maximum atomic E-state index is 6.11. The summed E-state index contributed by atoms with van der Waals surface area (Å²) in [6, 6.07) is 16.4. The smallest absolute Gasteiger partial charge is 0.169 e. The third-order valence-electron chi connectivity index (χ3n) is 4.69. The number of hydrogen-bond acceptors (Lipinski definition) is 2. The summed E-state index contributed by atoms with van der Waals surface area (Å²) in [6.45, 7) is 6.82. The first kappa shape index (κ1) is 19.4. The molecule has 138 valence electrons. The third kappa shape index (κ3) is 5.10. The van der Waals surface area contributed by atoms with Crippen LogP contribution in [0.1, 0.15) is 24.1 Å². The molecule has 0 aliphatic carbocycles. The lowest BCUT2D eigenvalue weighted by Crippen LogP contribution is -2.51. The Morgan fingerprint density at radius 3 is 2.38 bits per heavy atom. The Kier molecular flexibility index (Phi) is 6.76. The van der Waals surface area contributed by atoms with Gasteiger partial charge in [-0.05, 0) is 42.4 Å². The summed E-state index contributed by atoms with van der Waals surface area (Å²) in [7, 11) is 0. The van der Waals surface area contributed by atoms with E-state index in [0.29, 0.717) is 10.0 Å². The Labute approximate surface area is 170 Å². The average molecular weight is 408 g/mol. The Morgan fingerprint density at radius 2 is 1.73 bits per heavy atom. The van der Waals surface area contributed by atoms with Crippen LogP contribution in [0.2, 0.25) is 10.0 Å². The molecule has 6 heteroatoms. The van der Waals surface area contributed by atoms with Crippen molar-refractivity contribution in [2.45, 2.75) is 19.5 Å². The summed E-state index contributed by atoms with van der Waals surface area (Å²) in [5, 5.41) is 5.50. The standard InChI is InChI=1S/C20H23Cl2N3S/c1-15(17-5-3-2-4-6-17)23-20(26)25-11-9-24(10-12-25)14-16-7-8-18(21)19(22)13-16/h2-8,13,15H,9-12,14H2,1H3,(H,23,26). The van der Waals surface area contributed by atoms with Crippen LogP contribution in [0.3, 0.4) is 0 Å². The molecule has 2 aromatic carbocycles. The van der Waals surface area contributed by atoms with Crippen LogP contribution in [0, 0.1) is 0 Å². The van der Waals surface area contributed by atoms with E-state index in [4.69, 9.17) is 35.4 Å². The van der Waals surface area contributed by atoms with E-state index in [0.717, 1.165) is 37.8 Å². The van der Waals surface area contributed by atoms with Crippen molar-refractivity contribution < 1.29 is 0 Å². The Bertz CT molecular complexity index is 746. The highest BCUT2D eigenvalue weighted by Gasteiger charge is 2.20. The fourth-order valence-corrected chi connectivity index (χ4v) is 3.79. The molecule has 26 heavy (non-hydrogen) atoms. The molecule has 0 amide bonds. The van der Waals surface area contributed by atoms with Gasteiger partial charge in [0.2, 0.25) is 0 Å². The number of nitrogens with one attached hydrogen (secondary N) is 1. The molecule has 3 nitrogen and oxygen atoms in total. The Balaban J connectivity index is 1.48. The molecule has 0 saturated carbocycles. The molecule has 1 unspecified atom stereocenters. The van der Waals surface area contributed by atoms with Gasteiger partial charge in [0.05, 0.1) is 16.1 Å². The van der Waals surface area contributed by atoms with Crippen LogP contribution in [0.5, 0.6) is 0 Å². The molecule has 0 bridgehead atoms. The number of nitrogens with zero attached hydrogens (tertiary/aromatic N) is 2. The van der Waals surface area contributed by atoms with Crippen LogP contribution in [-0.4, -0.2) is 41.1 Å². The van der Waals surface area contributed by atoms with Crippen LogP contribution in [-0.2, 0) is 6.54 Å². The maximum Gasteiger partial charge on any atom is 0.169 e. The molecule has 0 radical (unpaired) electrons. The average Bonchev–Trinajstić information content (AvgIpc) is 2.66. The minimum atomic E-state index is 0.206. The van der Waals surface area contributed by atoms with E-state index in [2.05, 4.69) is 46.3 Å². The van der Waals surface area contributed by atoms with E-state index in [1.54, 1.807) is 0 Å². The molecule has 3 rings (SSSR count). The third-order valence-corrected chi connectivity index (χ3v) is 5.80. The van der Waals surface area contributed by atoms with Gasteiger partial charge in [-0.1, -0.05) is 59.6 Å². The second-order valence-electron chi connectivity index (χ2n) is 6.59. The van der Waals surface area contributed by atoms with Gasteiger partial charge in [-0.15, -0.1) is 0 Å². The lowest BCUT2D eigenvalue weighted by atomic mass is 10.1. The lowest BCUT2D eigenvalue weighted by Gasteiger charge is -2.37. The number of benzene rings is 2. The highest BCUT2D eigenvalue weighted by Crippen LogP contribution is 2.23. The van der Waals surface area contributed by atoms with Crippen molar-refractivity contribution in [2.24, 2.45) is 0 Å². The zero-order chi connectivity index (χ0) is 18.5. The van der Waals surface area contributed by atoms with Gasteiger partial charge in [0.25, 0.3) is 0 Å². The van der Waals surface area contributed by atoms with E-state index in [1.807, 2.05) is 24.3 Å². The highest BCUT2D eigenvalue weighted by atomic mass is 35.5. The van der Waals surface area contributed by atoms with Crippen LogP contribution in [0.4, 0.5) is 0 Å². The first-order valence-electron chi connectivity index (χ1n) is 8.79. The molecule has 1 aliphatic rings. The summed E-state index contributed by atoms with van der Waals surface area (Å²) >= 11 is 17.7.